The summed E-state index contributed by atoms with van der Waals surface area (Å²) in [6.45, 7) is 0. The summed E-state index contributed by atoms with van der Waals surface area (Å²) in [5.41, 5.74) is 11.1. The molecule has 0 amide bonds. The van der Waals surface area contributed by atoms with Gasteiger partial charge in [0.1, 0.15) is 11.2 Å². The second-order valence-electron chi connectivity index (χ2n) is 17.6. The fraction of sp³-hybridized carbons (Fsp3) is 0. The van der Waals surface area contributed by atoms with Crippen molar-refractivity contribution < 1.29 is 18.1 Å². The van der Waals surface area contributed by atoms with Crippen molar-refractivity contribution in [3.63, 3.8) is 0 Å². The summed E-state index contributed by atoms with van der Waals surface area (Å²) in [4.78, 5) is 0. The quantitative estimate of drug-likeness (QED) is 0.120. The van der Waals surface area contributed by atoms with Crippen LogP contribution in [-0.2, 0) is 0 Å². The Morgan fingerprint density at radius 2 is 0.725 bits per heavy atom. The minimum Gasteiger partial charge on any atom is -0.456 e. The lowest BCUT2D eigenvalue weighted by molar-refractivity contribution is 0.669. The Morgan fingerprint density at radius 1 is 0.246 bits per heavy atom. The van der Waals surface area contributed by atoms with E-state index < -0.39 is 12.1 Å². The third-order valence-corrected chi connectivity index (χ3v) is 13.8. The first kappa shape index (κ1) is 30.3. The maximum absolute atomic E-state index is 9.04. The molecule has 0 atom stereocenters. The van der Waals surface area contributed by atoms with Crippen LogP contribution in [0.15, 0.2) is 259 Å². The molecular formula is C68H42O. The molecule has 0 saturated heterocycles. The average molecular weight is 885 g/mol. The highest BCUT2D eigenvalue weighted by Gasteiger charge is 2.19. The molecule has 0 spiro atoms. The Labute approximate surface area is 413 Å². The number of hydrogen-bond donors (Lipinski definition) is 0. The van der Waals surface area contributed by atoms with Crippen LogP contribution in [0.5, 0.6) is 0 Å². The van der Waals surface area contributed by atoms with E-state index in [1.807, 2.05) is 54.6 Å². The zero-order valence-corrected chi connectivity index (χ0v) is 36.9. The van der Waals surface area contributed by atoms with Crippen LogP contribution in [0, 0.1) is 0 Å². The molecule has 320 valence electrons. The molecular weight excluding hydrogens is 833 g/mol. The number of benzene rings is 13. The summed E-state index contributed by atoms with van der Waals surface area (Å²) in [7, 11) is 0. The molecule has 0 saturated carbocycles. The van der Waals surface area contributed by atoms with Gasteiger partial charge in [-0.05, 0) is 169 Å². The molecule has 0 unspecified atom stereocenters. The van der Waals surface area contributed by atoms with Crippen LogP contribution in [0.3, 0.4) is 0 Å². The van der Waals surface area contributed by atoms with E-state index in [1.165, 1.54) is 0 Å². The van der Waals surface area contributed by atoms with Crippen molar-refractivity contribution in [2.24, 2.45) is 0 Å². The van der Waals surface area contributed by atoms with E-state index in [1.54, 1.807) is 12.1 Å². The van der Waals surface area contributed by atoms with Crippen LogP contribution in [0.4, 0.5) is 0 Å². The van der Waals surface area contributed by atoms with E-state index in [2.05, 4.69) is 127 Å². The number of furan rings is 1. The van der Waals surface area contributed by atoms with Gasteiger partial charge in [0.15, 0.2) is 0 Å². The van der Waals surface area contributed by atoms with Gasteiger partial charge in [-0.15, -0.1) is 0 Å². The Balaban J connectivity index is 0.878. The van der Waals surface area contributed by atoms with Crippen LogP contribution in [0.2, 0.25) is 0 Å². The smallest absolute Gasteiger partial charge is 0.136 e. The van der Waals surface area contributed by atoms with Crippen LogP contribution in [0.1, 0.15) is 13.7 Å². The van der Waals surface area contributed by atoms with E-state index in [9.17, 15) is 0 Å². The van der Waals surface area contributed by atoms with Gasteiger partial charge in [0.05, 0.1) is 13.7 Å². The molecule has 1 aromatic heterocycles. The predicted octanol–water partition coefficient (Wildman–Crippen LogP) is 19.4. The van der Waals surface area contributed by atoms with E-state index in [0.29, 0.717) is 22.3 Å². The summed E-state index contributed by atoms with van der Waals surface area (Å²) >= 11 is 0. The first-order chi connectivity index (χ1) is 38.3. The summed E-state index contributed by atoms with van der Waals surface area (Å²) in [5, 5.41) is 11.7. The molecule has 1 heteroatoms. The molecule has 0 N–H and O–H groups in total. The van der Waals surface area contributed by atoms with Gasteiger partial charge >= 0.3 is 0 Å². The molecule has 1 heterocycles. The van der Waals surface area contributed by atoms with Crippen molar-refractivity contribution >= 4 is 75.8 Å². The summed E-state index contributed by atoms with van der Waals surface area (Å²) < 4.78 is 91.5. The molecule has 0 aliphatic heterocycles. The first-order valence-electron chi connectivity index (χ1n) is 28.0. The Morgan fingerprint density at radius 3 is 1.41 bits per heavy atom. The van der Waals surface area contributed by atoms with E-state index >= 15 is 0 Å². The van der Waals surface area contributed by atoms with Gasteiger partial charge in [-0.3, -0.25) is 0 Å². The minimum atomic E-state index is -0.423. The number of rotatable bonds is 6. The molecule has 0 aliphatic carbocycles. The van der Waals surface area contributed by atoms with Crippen LogP contribution in [-0.4, -0.2) is 0 Å². The minimum absolute atomic E-state index is 0.153. The van der Waals surface area contributed by atoms with Crippen LogP contribution >= 0.6 is 0 Å². The lowest BCUT2D eigenvalue weighted by Crippen LogP contribution is -1.92. The predicted molar refractivity (Wildman–Crippen MR) is 294 cm³/mol. The van der Waals surface area contributed by atoms with Crippen molar-refractivity contribution in [1.82, 2.24) is 0 Å². The fourth-order valence-corrected chi connectivity index (χ4v) is 10.6. The second-order valence-corrected chi connectivity index (χ2v) is 17.6. The summed E-state index contributed by atoms with van der Waals surface area (Å²) in [6.07, 6.45) is 0. The monoisotopic (exact) mass is 884 g/mol. The Bertz CT molecular complexity index is 4850. The third kappa shape index (κ3) is 6.47. The van der Waals surface area contributed by atoms with Crippen molar-refractivity contribution in [3.05, 3.63) is 255 Å². The Kier molecular flexibility index (Phi) is 6.94. The maximum Gasteiger partial charge on any atom is 0.136 e. The van der Waals surface area contributed by atoms with Gasteiger partial charge in [0.25, 0.3) is 0 Å². The SMILES string of the molecule is [2H]c1c([2H])c([2H])c(-c2ccc3oc4cc(-c5ccc(-c6cc(-c7cc8ccccc8c8cc(-c9c%10ccccc%10c(-c%10c([2H])c([2H])c([2H])c([2H])c%10[2H])c%10ccccc9%10)ccc78)c7ccccc7c6)cc5)ccc4c3c2)c([2H])c1[2H]. The molecule has 13 aromatic carbocycles. The molecule has 14 rings (SSSR count). The standard InChI is InChI=1S/C68H42O/c1-3-15-43(16-4-1)47-33-36-65-64(38-47)56-35-31-48(42-66(56)69-65)44-27-29-45(30-28-44)52-37-49-19-7-9-21-53(49)62(41-52)63-39-50-20-8-10-22-54(50)61-40-51(32-34-55(61)63)68-59-25-13-11-23-57(59)67(46-17-5-2-6-18-46)58-24-12-14-26-60(58)68/h1-42H/i1D,2D,3D,4D,5D,6D,15D,16D,17D,18D. The summed E-state index contributed by atoms with van der Waals surface area (Å²) in [6, 6.07) is 63.3. The van der Waals surface area contributed by atoms with E-state index in [-0.39, 0.29) is 59.5 Å². The van der Waals surface area contributed by atoms with Gasteiger partial charge in [-0.25, -0.2) is 0 Å². The normalized spacial score (nSPS) is 13.8. The van der Waals surface area contributed by atoms with Crippen molar-refractivity contribution in [2.75, 3.05) is 0 Å². The van der Waals surface area contributed by atoms with E-state index in [4.69, 9.17) is 18.1 Å². The van der Waals surface area contributed by atoms with Crippen molar-refractivity contribution in [3.8, 4) is 66.8 Å². The highest BCUT2D eigenvalue weighted by atomic mass is 16.3. The van der Waals surface area contributed by atoms with Gasteiger partial charge in [-0.2, -0.15) is 0 Å². The topological polar surface area (TPSA) is 13.1 Å². The molecule has 0 radical (unpaired) electrons. The number of hydrogen-bond acceptors (Lipinski definition) is 1. The van der Waals surface area contributed by atoms with E-state index in [0.717, 1.165) is 109 Å². The molecule has 0 bridgehead atoms. The molecule has 14 aromatic rings. The molecule has 1 nitrogen and oxygen atoms in total. The average Bonchev–Trinajstić information content (AvgIpc) is 4.02. The lowest BCUT2D eigenvalue weighted by Gasteiger charge is -2.19. The molecule has 69 heavy (non-hydrogen) atoms. The van der Waals surface area contributed by atoms with Gasteiger partial charge in [-0.1, -0.05) is 206 Å². The maximum atomic E-state index is 9.04. The zero-order valence-electron chi connectivity index (χ0n) is 46.9. The fourth-order valence-electron chi connectivity index (χ4n) is 10.6. The first-order valence-corrected chi connectivity index (χ1v) is 23.0. The van der Waals surface area contributed by atoms with Crippen LogP contribution < -0.4 is 0 Å². The highest BCUT2D eigenvalue weighted by Crippen LogP contribution is 2.47. The Hall–Kier alpha value is -9.04. The van der Waals surface area contributed by atoms with Gasteiger partial charge in [0, 0.05) is 10.8 Å². The van der Waals surface area contributed by atoms with Gasteiger partial charge in [0.2, 0.25) is 0 Å². The van der Waals surface area contributed by atoms with Crippen LogP contribution in [0.25, 0.3) is 143 Å². The van der Waals surface area contributed by atoms with Crippen molar-refractivity contribution in [2.45, 2.75) is 0 Å². The molecule has 0 aliphatic rings. The second kappa shape index (κ2) is 15.8. The zero-order chi connectivity index (χ0) is 54.1. The largest absolute Gasteiger partial charge is 0.456 e. The lowest BCUT2D eigenvalue weighted by atomic mass is 9.84. The molecule has 0 fully saturated rings. The van der Waals surface area contributed by atoms with Gasteiger partial charge < -0.3 is 4.42 Å². The third-order valence-electron chi connectivity index (χ3n) is 13.8. The summed E-state index contributed by atoms with van der Waals surface area (Å²) in [5.74, 6) is 0. The van der Waals surface area contributed by atoms with Crippen molar-refractivity contribution in [1.29, 1.82) is 0 Å². The highest BCUT2D eigenvalue weighted by molar-refractivity contribution is 6.23. The number of fused-ring (bicyclic) bond motifs is 9.